The van der Waals surface area contributed by atoms with Gasteiger partial charge in [-0.2, -0.15) is 0 Å². The number of fused-ring (bicyclic) bond motifs is 3. The zero-order chi connectivity index (χ0) is 17.9. The number of aryl methyl sites for hydroxylation is 1. The van der Waals surface area contributed by atoms with Gasteiger partial charge in [0, 0.05) is 14.1 Å². The number of nitrogens with one attached hydrogen (secondary N) is 3. The first kappa shape index (κ1) is 14.9. The molecule has 25 heavy (non-hydrogen) atoms. The Balaban J connectivity index is 2.14. The fourth-order valence-electron chi connectivity index (χ4n) is 2.93. The molecule has 0 spiro atoms. The van der Waals surface area contributed by atoms with Gasteiger partial charge >= 0.3 is 5.69 Å². The van der Waals surface area contributed by atoms with Crippen molar-refractivity contribution in [1.82, 2.24) is 14.1 Å². The zero-order valence-corrected chi connectivity index (χ0v) is 13.3. The van der Waals surface area contributed by atoms with Crippen LogP contribution in [0.1, 0.15) is 10.4 Å². The number of pyridine rings is 1. The quantitative estimate of drug-likeness (QED) is 0.542. The van der Waals surface area contributed by atoms with Gasteiger partial charge in [-0.3, -0.25) is 23.5 Å². The Morgan fingerprint density at radius 2 is 1.64 bits per heavy atom. The van der Waals surface area contributed by atoms with Crippen LogP contribution in [0.5, 0.6) is 0 Å². The first-order valence-corrected chi connectivity index (χ1v) is 7.43. The van der Waals surface area contributed by atoms with Gasteiger partial charge in [-0.25, -0.2) is 4.79 Å². The van der Waals surface area contributed by atoms with Crippen molar-refractivity contribution in [3.63, 3.8) is 0 Å². The fourth-order valence-corrected chi connectivity index (χ4v) is 2.93. The van der Waals surface area contributed by atoms with Crippen molar-refractivity contribution >= 4 is 34.1 Å². The van der Waals surface area contributed by atoms with Gasteiger partial charge in [0.2, 0.25) is 5.43 Å². The largest absolute Gasteiger partial charge is 0.339 e. The lowest BCUT2D eigenvalue weighted by Gasteiger charge is -2.12. The molecule has 0 fully saturated rings. The normalized spacial score (nSPS) is 12.8. The molecule has 1 amide bonds. The molecule has 3 aromatic rings. The summed E-state index contributed by atoms with van der Waals surface area (Å²) in [5, 5.41) is 5.33. The number of rotatable bonds is 0. The highest BCUT2D eigenvalue weighted by Gasteiger charge is 2.24. The number of benzene rings is 1. The number of nitrogens with zero attached hydrogens (tertiary/aromatic N) is 2. The first-order chi connectivity index (χ1) is 11.9. The Morgan fingerprint density at radius 1 is 0.920 bits per heavy atom. The molecule has 0 bridgehead atoms. The molecule has 1 aliphatic rings. The second kappa shape index (κ2) is 4.94. The van der Waals surface area contributed by atoms with Crippen LogP contribution in [0.3, 0.4) is 0 Å². The maximum Gasteiger partial charge on any atom is 0.332 e. The fraction of sp³-hybridized carbons (Fsp3) is 0.125. The van der Waals surface area contributed by atoms with Crippen LogP contribution in [0.2, 0.25) is 0 Å². The van der Waals surface area contributed by atoms with Crippen molar-refractivity contribution in [2.45, 2.75) is 0 Å². The molecular weight excluding hydrogens is 326 g/mol. The second-order valence-electron chi connectivity index (χ2n) is 5.76. The molecule has 4 rings (SSSR count). The topological polar surface area (TPSA) is 118 Å². The monoisotopic (exact) mass is 339 g/mol. The third-order valence-electron chi connectivity index (χ3n) is 4.28. The molecule has 0 saturated heterocycles. The summed E-state index contributed by atoms with van der Waals surface area (Å²) in [6, 6.07) is 6.75. The van der Waals surface area contributed by atoms with Gasteiger partial charge in [0.05, 0.1) is 11.3 Å². The van der Waals surface area contributed by atoms with Gasteiger partial charge in [-0.15, -0.1) is 0 Å². The van der Waals surface area contributed by atoms with E-state index in [1.54, 1.807) is 24.3 Å². The van der Waals surface area contributed by atoms with Gasteiger partial charge in [-0.1, -0.05) is 12.1 Å². The first-order valence-electron chi connectivity index (χ1n) is 7.43. The van der Waals surface area contributed by atoms with E-state index in [2.05, 4.69) is 15.6 Å². The van der Waals surface area contributed by atoms with E-state index in [1.165, 1.54) is 18.7 Å². The predicted molar refractivity (Wildman–Crippen MR) is 92.7 cm³/mol. The maximum atomic E-state index is 12.9. The van der Waals surface area contributed by atoms with E-state index < -0.39 is 22.6 Å². The molecule has 0 saturated carbocycles. The Kier molecular flexibility index (Phi) is 2.95. The summed E-state index contributed by atoms with van der Waals surface area (Å²) in [5.41, 5.74) is -1.07. The SMILES string of the molecule is Cn1c(=O)c2c(=O)c3c([nH]c2n(C)c1=O)Nc1ccccc1C(=O)N3. The lowest BCUT2D eigenvalue weighted by Crippen LogP contribution is -2.39. The third kappa shape index (κ3) is 1.95. The summed E-state index contributed by atoms with van der Waals surface area (Å²) >= 11 is 0. The number of carbonyl (C=O) groups excluding carboxylic acids is 1. The van der Waals surface area contributed by atoms with E-state index in [0.717, 1.165) is 4.57 Å². The molecule has 0 aliphatic carbocycles. The molecule has 0 radical (unpaired) electrons. The highest BCUT2D eigenvalue weighted by atomic mass is 16.2. The van der Waals surface area contributed by atoms with Crippen molar-refractivity contribution in [2.24, 2.45) is 14.1 Å². The van der Waals surface area contributed by atoms with Crippen LogP contribution in [0, 0.1) is 0 Å². The lowest BCUT2D eigenvalue weighted by atomic mass is 10.1. The van der Waals surface area contributed by atoms with Crippen molar-refractivity contribution in [3.8, 4) is 0 Å². The van der Waals surface area contributed by atoms with Crippen LogP contribution >= 0.6 is 0 Å². The van der Waals surface area contributed by atoms with Gasteiger partial charge in [0.25, 0.3) is 11.5 Å². The minimum Gasteiger partial charge on any atom is -0.339 e. The molecule has 9 nitrogen and oxygen atoms in total. The molecular formula is C16H13N5O4. The van der Waals surface area contributed by atoms with Crippen molar-refractivity contribution in [2.75, 3.05) is 10.6 Å². The highest BCUT2D eigenvalue weighted by Crippen LogP contribution is 2.28. The molecule has 1 aliphatic heterocycles. The standard InChI is InChI=1S/C16H13N5O4/c1-20-13-9(15(24)21(2)16(20)25)11(22)10-12(19-13)17-8-6-4-3-5-7(8)14(23)18-10/h3-6H,1-2H3,(H,18,23)(H2,17,19,22). The average molecular weight is 339 g/mol. The summed E-state index contributed by atoms with van der Waals surface area (Å²) in [6.07, 6.45) is 0. The zero-order valence-electron chi connectivity index (χ0n) is 13.3. The molecule has 1 aromatic carbocycles. The van der Waals surface area contributed by atoms with E-state index in [0.29, 0.717) is 11.3 Å². The van der Waals surface area contributed by atoms with Crippen molar-refractivity contribution < 1.29 is 4.79 Å². The molecule has 2 aromatic heterocycles. The van der Waals surface area contributed by atoms with E-state index in [4.69, 9.17) is 0 Å². The number of aromatic amines is 1. The minimum atomic E-state index is -0.724. The van der Waals surface area contributed by atoms with Crippen molar-refractivity contribution in [3.05, 3.63) is 60.9 Å². The Labute approximate surface area is 139 Å². The van der Waals surface area contributed by atoms with Crippen LogP contribution in [0.4, 0.5) is 17.2 Å². The van der Waals surface area contributed by atoms with E-state index in [-0.39, 0.29) is 22.5 Å². The Bertz CT molecular complexity index is 1250. The number of hydrogen-bond donors (Lipinski definition) is 3. The summed E-state index contributed by atoms with van der Waals surface area (Å²) < 4.78 is 2.03. The molecule has 3 heterocycles. The summed E-state index contributed by atoms with van der Waals surface area (Å²) in [4.78, 5) is 52.6. The average Bonchev–Trinajstić information content (AvgIpc) is 2.74. The summed E-state index contributed by atoms with van der Waals surface area (Å²) in [5.74, 6) is -0.257. The van der Waals surface area contributed by atoms with Gasteiger partial charge in [-0.05, 0) is 12.1 Å². The van der Waals surface area contributed by atoms with Crippen LogP contribution in [-0.4, -0.2) is 20.0 Å². The maximum absolute atomic E-state index is 12.9. The van der Waals surface area contributed by atoms with Gasteiger partial charge in [0.1, 0.15) is 22.5 Å². The Hall–Kier alpha value is -3.62. The van der Waals surface area contributed by atoms with E-state index in [1.807, 2.05) is 0 Å². The molecule has 126 valence electrons. The Morgan fingerprint density at radius 3 is 2.40 bits per heavy atom. The number of anilines is 3. The summed E-state index contributed by atoms with van der Waals surface area (Å²) in [7, 11) is 2.75. The van der Waals surface area contributed by atoms with E-state index in [9.17, 15) is 19.2 Å². The predicted octanol–water partition coefficient (Wildman–Crippen LogP) is 0.235. The number of H-pyrrole nitrogens is 1. The molecule has 0 unspecified atom stereocenters. The minimum absolute atomic E-state index is 0.0653. The smallest absolute Gasteiger partial charge is 0.332 e. The number of para-hydroxylation sites is 1. The number of aromatic nitrogens is 3. The molecule has 3 N–H and O–H groups in total. The van der Waals surface area contributed by atoms with E-state index >= 15 is 0 Å². The highest BCUT2D eigenvalue weighted by molar-refractivity contribution is 6.12. The van der Waals surface area contributed by atoms with Crippen LogP contribution in [0.25, 0.3) is 11.0 Å². The number of carbonyl (C=O) groups is 1. The molecule has 9 heteroatoms. The molecule has 0 atom stereocenters. The van der Waals surface area contributed by atoms with Crippen molar-refractivity contribution in [1.29, 1.82) is 0 Å². The van der Waals surface area contributed by atoms with Gasteiger partial charge < -0.3 is 15.6 Å². The second-order valence-corrected chi connectivity index (χ2v) is 5.76. The van der Waals surface area contributed by atoms with Crippen LogP contribution in [-0.2, 0) is 14.1 Å². The van der Waals surface area contributed by atoms with Gasteiger partial charge in [0.15, 0.2) is 0 Å². The number of amides is 1. The number of hydrogen-bond acceptors (Lipinski definition) is 5. The summed E-state index contributed by atoms with van der Waals surface area (Å²) in [6.45, 7) is 0. The third-order valence-corrected chi connectivity index (χ3v) is 4.28. The van der Waals surface area contributed by atoms with Crippen LogP contribution in [0.15, 0.2) is 38.6 Å². The van der Waals surface area contributed by atoms with Crippen LogP contribution < -0.4 is 27.3 Å². The lowest BCUT2D eigenvalue weighted by molar-refractivity contribution is 0.102.